The summed E-state index contributed by atoms with van der Waals surface area (Å²) in [7, 11) is -9.12. The van der Waals surface area contributed by atoms with E-state index in [0.717, 1.165) is 0 Å². The predicted octanol–water partition coefficient (Wildman–Crippen LogP) is 9.26. The van der Waals surface area contributed by atoms with Crippen molar-refractivity contribution in [2.24, 2.45) is 0 Å². The summed E-state index contributed by atoms with van der Waals surface area (Å²) in [6, 6.07) is 0. The van der Waals surface area contributed by atoms with E-state index in [-0.39, 0.29) is 38.5 Å². The van der Waals surface area contributed by atoms with Gasteiger partial charge >= 0.3 is 5.97 Å². The molecule has 2 aliphatic heterocycles. The molecule has 5 atom stereocenters. The number of fused-ring (bicyclic) bond motifs is 2. The lowest BCUT2D eigenvalue weighted by atomic mass is 10.00. The van der Waals surface area contributed by atoms with E-state index in [1.54, 1.807) is 0 Å². The molecule has 0 N–H and O–H groups in total. The Morgan fingerprint density at radius 3 is 1.25 bits per heavy atom. The number of hydrogen-bond acceptors (Lipinski definition) is 6. The second-order valence-electron chi connectivity index (χ2n) is 18.4. The highest BCUT2D eigenvalue weighted by Crippen LogP contribution is 2.52. The van der Waals surface area contributed by atoms with Crippen LogP contribution in [0.15, 0.2) is 0 Å². The molecule has 0 aromatic carbocycles. The van der Waals surface area contributed by atoms with Crippen LogP contribution < -0.4 is 0 Å². The van der Waals surface area contributed by atoms with Gasteiger partial charge in [0, 0.05) is 0 Å². The zero-order valence-electron chi connectivity index (χ0n) is 30.0. The van der Waals surface area contributed by atoms with Gasteiger partial charge in [0.25, 0.3) is 0 Å². The molecule has 2 heterocycles. The Morgan fingerprint density at radius 2 is 0.875 bits per heavy atom. The molecule has 0 aromatic heterocycles. The Morgan fingerprint density at radius 1 is 0.525 bits per heavy atom. The average Bonchev–Trinajstić information content (AvgIpc) is 3.05. The van der Waals surface area contributed by atoms with Crippen LogP contribution in [-0.2, 0) is 27.2 Å². The molecule has 2 bridgehead atoms. The first-order valence-electron chi connectivity index (χ1n) is 15.4. The van der Waals surface area contributed by atoms with Gasteiger partial charge < -0.3 is 27.2 Å². The third-order valence-corrected chi connectivity index (χ3v) is 28.8. The summed E-state index contributed by atoms with van der Waals surface area (Å²) in [5, 5.41) is 0.00787. The molecule has 2 saturated heterocycles. The zero-order valence-corrected chi connectivity index (χ0v) is 34.0. The summed E-state index contributed by atoms with van der Waals surface area (Å²) in [5.41, 5.74) is 0. The van der Waals surface area contributed by atoms with Gasteiger partial charge in [-0.05, 0) is 72.5 Å². The minimum Gasteiger partial charge on any atom is -0.408 e. The van der Waals surface area contributed by atoms with Crippen LogP contribution in [-0.4, -0.2) is 70.3 Å². The van der Waals surface area contributed by atoms with E-state index in [9.17, 15) is 0 Å². The molecule has 0 radical (unpaired) electrons. The lowest BCUT2D eigenvalue weighted by molar-refractivity contribution is -0.375. The van der Waals surface area contributed by atoms with Crippen LogP contribution in [0.1, 0.15) is 83.1 Å². The van der Waals surface area contributed by atoms with Crippen LogP contribution in [0, 0.1) is 0 Å². The van der Waals surface area contributed by atoms with Crippen molar-refractivity contribution in [2.75, 3.05) is 6.61 Å². The maximum absolute atomic E-state index is 7.40. The first kappa shape index (κ1) is 36.8. The van der Waals surface area contributed by atoms with Crippen LogP contribution in [0.5, 0.6) is 0 Å². The maximum Gasteiger partial charge on any atom is 0.303 e. The second-order valence-corrected chi connectivity index (χ2v) is 37.4. The third kappa shape index (κ3) is 7.29. The molecule has 40 heavy (non-hydrogen) atoms. The van der Waals surface area contributed by atoms with Crippen molar-refractivity contribution in [3.8, 4) is 0 Å². The standard InChI is InChI=1S/C30H66O6Si4/c1-26(2,3)37(13,14)33-23-22-21-31-30(32-22,36-40(19,20)29(10,11)12)25(35-39(17,18)28(7,8)9)24(23)34-38(15,16)27(4,5)6/h22-25H,21H2,1-20H3/t22-,23-,24+,25-,30?/m0/s1. The SMILES string of the molecule is CC(C)(C)[Si](C)(C)O[C@@H]1[C@@H](O[Si](C)(C)C(C)(C)C)[C@H](O[Si](C)(C)C(C)(C)C)C2(O[Si](C)(C)C(C)(C)C)OC[C@@H]1O2. The second kappa shape index (κ2) is 10.9. The summed E-state index contributed by atoms with van der Waals surface area (Å²) in [5.74, 6) is -1.32. The topological polar surface area (TPSA) is 55.4 Å². The van der Waals surface area contributed by atoms with Crippen LogP contribution in [0.25, 0.3) is 0 Å². The highest BCUT2D eigenvalue weighted by atomic mass is 28.4. The lowest BCUT2D eigenvalue weighted by Crippen LogP contribution is -2.71. The Hall–Kier alpha value is 0.628. The van der Waals surface area contributed by atoms with Gasteiger partial charge in [-0.2, -0.15) is 0 Å². The van der Waals surface area contributed by atoms with E-state index < -0.39 is 45.3 Å². The Balaban J connectivity index is 2.80. The summed E-state index contributed by atoms with van der Waals surface area (Å²) in [4.78, 5) is 0. The maximum atomic E-state index is 7.40. The molecule has 2 fully saturated rings. The molecule has 2 rings (SSSR count). The van der Waals surface area contributed by atoms with E-state index in [1.807, 2.05) is 0 Å². The number of hydrogen-bond donors (Lipinski definition) is 0. The first-order chi connectivity index (χ1) is 17.3. The van der Waals surface area contributed by atoms with Crippen molar-refractivity contribution in [3.63, 3.8) is 0 Å². The number of ether oxygens (including phenoxy) is 2. The van der Waals surface area contributed by atoms with Gasteiger partial charge in [0.05, 0.1) is 6.61 Å². The summed E-state index contributed by atoms with van der Waals surface area (Å²) in [6.07, 6.45) is -1.52. The minimum atomic E-state index is -2.34. The Labute approximate surface area is 252 Å². The van der Waals surface area contributed by atoms with Crippen LogP contribution >= 0.6 is 0 Å². The molecule has 0 aromatic rings. The Bertz CT molecular complexity index is 892. The summed E-state index contributed by atoms with van der Waals surface area (Å²) < 4.78 is 42.7. The molecule has 6 nitrogen and oxygen atoms in total. The first-order valence-corrected chi connectivity index (χ1v) is 27.0. The van der Waals surface area contributed by atoms with Crippen molar-refractivity contribution in [2.45, 2.75) is 186 Å². The van der Waals surface area contributed by atoms with E-state index >= 15 is 0 Å². The molecule has 0 spiro atoms. The summed E-state index contributed by atoms with van der Waals surface area (Å²) >= 11 is 0. The zero-order chi connectivity index (χ0) is 31.8. The minimum absolute atomic E-state index is 0.0156. The van der Waals surface area contributed by atoms with Gasteiger partial charge in [-0.25, -0.2) is 0 Å². The van der Waals surface area contributed by atoms with E-state index in [4.69, 9.17) is 27.2 Å². The van der Waals surface area contributed by atoms with E-state index in [0.29, 0.717) is 6.61 Å². The average molecular weight is 635 g/mol. The third-order valence-electron chi connectivity index (χ3n) is 11.0. The van der Waals surface area contributed by atoms with E-state index in [1.165, 1.54) is 0 Å². The molecule has 1 unspecified atom stereocenters. The molecule has 10 heteroatoms. The van der Waals surface area contributed by atoms with Crippen molar-refractivity contribution in [1.29, 1.82) is 0 Å². The fraction of sp³-hybridized carbons (Fsp3) is 1.00. The normalized spacial score (nSPS) is 29.7. The molecular formula is C30H66O6Si4. The van der Waals surface area contributed by atoms with Crippen molar-refractivity contribution >= 4 is 33.3 Å². The van der Waals surface area contributed by atoms with Crippen LogP contribution in [0.3, 0.4) is 0 Å². The van der Waals surface area contributed by atoms with Crippen molar-refractivity contribution in [1.82, 2.24) is 0 Å². The van der Waals surface area contributed by atoms with Gasteiger partial charge in [-0.1, -0.05) is 83.1 Å². The van der Waals surface area contributed by atoms with Gasteiger partial charge in [0.1, 0.15) is 18.3 Å². The Kier molecular flexibility index (Phi) is 10.0. The van der Waals surface area contributed by atoms with Crippen molar-refractivity contribution < 1.29 is 27.2 Å². The largest absolute Gasteiger partial charge is 0.408 e. The molecular weight excluding hydrogens is 569 g/mol. The van der Waals surface area contributed by atoms with Gasteiger partial charge in [-0.15, -0.1) is 0 Å². The van der Waals surface area contributed by atoms with E-state index in [2.05, 4.69) is 135 Å². The smallest absolute Gasteiger partial charge is 0.303 e. The monoisotopic (exact) mass is 634 g/mol. The molecule has 2 aliphatic rings. The highest BCUT2D eigenvalue weighted by Gasteiger charge is 2.68. The van der Waals surface area contributed by atoms with Crippen LogP contribution in [0.4, 0.5) is 0 Å². The molecule has 0 saturated carbocycles. The predicted molar refractivity (Wildman–Crippen MR) is 178 cm³/mol. The van der Waals surface area contributed by atoms with Gasteiger partial charge in [0.15, 0.2) is 39.4 Å². The fourth-order valence-corrected chi connectivity index (χ4v) is 9.05. The highest BCUT2D eigenvalue weighted by molar-refractivity contribution is 6.75. The lowest BCUT2D eigenvalue weighted by Gasteiger charge is -2.56. The quantitative estimate of drug-likeness (QED) is 0.248. The fourth-order valence-electron chi connectivity index (χ4n) is 3.93. The molecule has 238 valence electrons. The van der Waals surface area contributed by atoms with Crippen LogP contribution in [0.2, 0.25) is 72.5 Å². The molecule has 0 aliphatic carbocycles. The number of rotatable bonds is 8. The summed E-state index contributed by atoms with van der Waals surface area (Å²) in [6.45, 7) is 46.1. The van der Waals surface area contributed by atoms with Gasteiger partial charge in [-0.3, -0.25) is 0 Å². The molecule has 0 amide bonds. The van der Waals surface area contributed by atoms with Crippen molar-refractivity contribution in [3.05, 3.63) is 0 Å². The van der Waals surface area contributed by atoms with Gasteiger partial charge in [0.2, 0.25) is 0 Å².